The van der Waals surface area contributed by atoms with Crippen molar-refractivity contribution in [1.29, 1.82) is 0 Å². The van der Waals surface area contributed by atoms with E-state index < -0.39 is 0 Å². The molecule has 4 nitrogen and oxygen atoms in total. The Bertz CT molecular complexity index is 615. The monoisotopic (exact) mass is 335 g/mol. The van der Waals surface area contributed by atoms with Crippen molar-refractivity contribution in [1.82, 2.24) is 15.6 Å². The van der Waals surface area contributed by atoms with Gasteiger partial charge in [0.1, 0.15) is 9.88 Å². The zero-order chi connectivity index (χ0) is 15.4. The fourth-order valence-electron chi connectivity index (χ4n) is 2.75. The molecule has 1 aliphatic rings. The summed E-state index contributed by atoms with van der Waals surface area (Å²) in [6.07, 6.45) is 3.57. The van der Waals surface area contributed by atoms with Crippen molar-refractivity contribution < 1.29 is 4.79 Å². The fraction of sp³-hybridized carbons (Fsp3) is 0.500. The van der Waals surface area contributed by atoms with Gasteiger partial charge in [0.25, 0.3) is 5.91 Å². The minimum Gasteiger partial charge on any atom is -0.351 e. The second-order valence-electron chi connectivity index (χ2n) is 5.67. The van der Waals surface area contributed by atoms with Crippen molar-refractivity contribution in [3.05, 3.63) is 28.1 Å². The normalized spacial score (nSPS) is 18.3. The predicted octanol–water partition coefficient (Wildman–Crippen LogP) is 3.30. The van der Waals surface area contributed by atoms with Crippen LogP contribution in [0, 0.1) is 12.8 Å². The smallest absolute Gasteiger partial charge is 0.263 e. The Morgan fingerprint density at radius 1 is 1.55 bits per heavy atom. The lowest BCUT2D eigenvalue weighted by molar-refractivity contribution is 0.0954. The second-order valence-corrected chi connectivity index (χ2v) is 7.61. The van der Waals surface area contributed by atoms with Crippen LogP contribution in [0.15, 0.2) is 17.5 Å². The van der Waals surface area contributed by atoms with E-state index in [1.165, 1.54) is 24.2 Å². The van der Waals surface area contributed by atoms with Gasteiger partial charge in [0, 0.05) is 6.54 Å². The van der Waals surface area contributed by atoms with Crippen molar-refractivity contribution in [2.45, 2.75) is 26.2 Å². The molecule has 2 aromatic heterocycles. The van der Waals surface area contributed by atoms with E-state index in [2.05, 4.69) is 15.6 Å². The van der Waals surface area contributed by atoms with Gasteiger partial charge in [0.05, 0.1) is 10.6 Å². The first kappa shape index (κ1) is 15.6. The highest BCUT2D eigenvalue weighted by molar-refractivity contribution is 7.22. The van der Waals surface area contributed by atoms with Crippen molar-refractivity contribution in [2.24, 2.45) is 5.92 Å². The van der Waals surface area contributed by atoms with E-state index in [9.17, 15) is 4.79 Å². The predicted molar refractivity (Wildman–Crippen MR) is 92.7 cm³/mol. The number of aryl methyl sites for hydroxylation is 1. The van der Waals surface area contributed by atoms with Crippen LogP contribution in [0.1, 0.15) is 34.6 Å². The van der Waals surface area contributed by atoms with Crippen LogP contribution in [0.4, 0.5) is 0 Å². The molecule has 1 aliphatic heterocycles. The van der Waals surface area contributed by atoms with E-state index in [1.54, 1.807) is 11.3 Å². The van der Waals surface area contributed by atoms with Crippen molar-refractivity contribution in [2.75, 3.05) is 19.6 Å². The number of amides is 1. The van der Waals surface area contributed by atoms with Gasteiger partial charge in [-0.3, -0.25) is 4.79 Å². The maximum Gasteiger partial charge on any atom is 0.263 e. The van der Waals surface area contributed by atoms with Crippen molar-refractivity contribution in [3.63, 3.8) is 0 Å². The Balaban J connectivity index is 1.55. The third-order valence-electron chi connectivity index (χ3n) is 3.97. The van der Waals surface area contributed by atoms with Crippen LogP contribution in [0.25, 0.3) is 9.88 Å². The minimum atomic E-state index is 0.0153. The summed E-state index contributed by atoms with van der Waals surface area (Å²) in [5.74, 6) is 0.708. The van der Waals surface area contributed by atoms with Crippen LogP contribution >= 0.6 is 22.7 Å². The lowest BCUT2D eigenvalue weighted by Crippen LogP contribution is -2.33. The second kappa shape index (κ2) is 7.35. The number of carbonyl (C=O) groups is 1. The summed E-state index contributed by atoms with van der Waals surface area (Å²) < 4.78 is 0. The summed E-state index contributed by atoms with van der Waals surface area (Å²) in [4.78, 5) is 18.7. The molecule has 0 radical (unpaired) electrons. The SMILES string of the molecule is Cc1nc(-c2cccs2)sc1C(=O)NCCC1CCCNC1. The number of aromatic nitrogens is 1. The van der Waals surface area contributed by atoms with Crippen molar-refractivity contribution in [3.8, 4) is 9.88 Å². The molecule has 0 aliphatic carbocycles. The minimum absolute atomic E-state index is 0.0153. The van der Waals surface area contributed by atoms with Crippen LogP contribution in [0.2, 0.25) is 0 Å². The topological polar surface area (TPSA) is 54.0 Å². The van der Waals surface area contributed by atoms with Gasteiger partial charge in [-0.1, -0.05) is 6.07 Å². The van der Waals surface area contributed by atoms with Gasteiger partial charge >= 0.3 is 0 Å². The average Bonchev–Trinajstić information content (AvgIpc) is 3.17. The molecule has 3 rings (SSSR count). The standard InChI is InChI=1S/C16H21N3OS2/c1-11-14(22-16(19-11)13-5-3-9-21-13)15(20)18-8-6-12-4-2-7-17-10-12/h3,5,9,12,17H,2,4,6-8,10H2,1H3,(H,18,20). The summed E-state index contributed by atoms with van der Waals surface area (Å²) in [6, 6.07) is 4.05. The molecule has 1 fully saturated rings. The van der Waals surface area contributed by atoms with Gasteiger partial charge < -0.3 is 10.6 Å². The summed E-state index contributed by atoms with van der Waals surface area (Å²) in [7, 11) is 0. The van der Waals surface area contributed by atoms with E-state index in [4.69, 9.17) is 0 Å². The number of nitrogens with zero attached hydrogens (tertiary/aromatic N) is 1. The molecular formula is C16H21N3OS2. The van der Waals surface area contributed by atoms with Crippen LogP contribution in [-0.4, -0.2) is 30.5 Å². The molecule has 6 heteroatoms. The third kappa shape index (κ3) is 3.74. The first-order valence-corrected chi connectivity index (χ1v) is 9.44. The molecule has 3 heterocycles. The van der Waals surface area contributed by atoms with Crippen molar-refractivity contribution >= 4 is 28.6 Å². The van der Waals surface area contributed by atoms with Gasteiger partial charge in [-0.2, -0.15) is 0 Å². The maximum absolute atomic E-state index is 12.3. The Hall–Kier alpha value is -1.24. The fourth-order valence-corrected chi connectivity index (χ4v) is 4.53. The largest absolute Gasteiger partial charge is 0.351 e. The van der Waals surface area contributed by atoms with Gasteiger partial charge in [-0.05, 0) is 56.6 Å². The van der Waals surface area contributed by atoms with Gasteiger partial charge in [-0.25, -0.2) is 4.98 Å². The number of thiazole rings is 1. The lowest BCUT2D eigenvalue weighted by atomic mass is 9.96. The highest BCUT2D eigenvalue weighted by Crippen LogP contribution is 2.30. The first-order valence-electron chi connectivity index (χ1n) is 7.74. The van der Waals surface area contributed by atoms with E-state index in [-0.39, 0.29) is 5.91 Å². The molecule has 0 bridgehead atoms. The third-order valence-corrected chi connectivity index (χ3v) is 6.17. The van der Waals surface area contributed by atoms with Crippen LogP contribution in [-0.2, 0) is 0 Å². The van der Waals surface area contributed by atoms with Gasteiger partial charge in [0.2, 0.25) is 0 Å². The Kier molecular flexibility index (Phi) is 5.23. The Morgan fingerprint density at radius 2 is 2.45 bits per heavy atom. The van der Waals surface area contributed by atoms with E-state index in [0.29, 0.717) is 5.92 Å². The van der Waals surface area contributed by atoms with Crippen LogP contribution in [0.3, 0.4) is 0 Å². The quantitative estimate of drug-likeness (QED) is 0.881. The molecule has 2 N–H and O–H groups in total. The number of carbonyl (C=O) groups excluding carboxylic acids is 1. The first-order chi connectivity index (χ1) is 10.7. The molecule has 1 unspecified atom stereocenters. The number of rotatable bonds is 5. The molecule has 1 saturated heterocycles. The molecule has 22 heavy (non-hydrogen) atoms. The summed E-state index contributed by atoms with van der Waals surface area (Å²) >= 11 is 3.14. The summed E-state index contributed by atoms with van der Waals surface area (Å²) in [5, 5.41) is 9.44. The lowest BCUT2D eigenvalue weighted by Gasteiger charge is -2.22. The number of hydrogen-bond donors (Lipinski definition) is 2. The van der Waals surface area contributed by atoms with Gasteiger partial charge in [-0.15, -0.1) is 22.7 Å². The zero-order valence-corrected chi connectivity index (χ0v) is 14.4. The molecule has 2 aromatic rings. The molecule has 0 aromatic carbocycles. The number of piperidine rings is 1. The Labute approximate surface area is 139 Å². The van der Waals surface area contributed by atoms with Gasteiger partial charge in [0.15, 0.2) is 0 Å². The highest BCUT2D eigenvalue weighted by atomic mass is 32.1. The summed E-state index contributed by atoms with van der Waals surface area (Å²) in [5.41, 5.74) is 0.824. The number of thiophene rings is 1. The summed E-state index contributed by atoms with van der Waals surface area (Å²) in [6.45, 7) is 4.87. The van der Waals surface area contributed by atoms with Crippen LogP contribution < -0.4 is 10.6 Å². The number of hydrogen-bond acceptors (Lipinski definition) is 5. The molecule has 1 atom stereocenters. The van der Waals surface area contributed by atoms with E-state index in [1.807, 2.05) is 24.4 Å². The Morgan fingerprint density at radius 3 is 3.18 bits per heavy atom. The number of nitrogens with one attached hydrogen (secondary N) is 2. The molecule has 1 amide bonds. The average molecular weight is 335 g/mol. The van der Waals surface area contributed by atoms with E-state index >= 15 is 0 Å². The van der Waals surface area contributed by atoms with Crippen LogP contribution in [0.5, 0.6) is 0 Å². The zero-order valence-electron chi connectivity index (χ0n) is 12.7. The van der Waals surface area contributed by atoms with E-state index in [0.717, 1.165) is 46.5 Å². The highest BCUT2D eigenvalue weighted by Gasteiger charge is 2.17. The molecular weight excluding hydrogens is 314 g/mol. The molecule has 118 valence electrons. The molecule has 0 saturated carbocycles. The molecule has 0 spiro atoms. The maximum atomic E-state index is 12.3.